The zero-order valence-corrected chi connectivity index (χ0v) is 12.2. The lowest BCUT2D eigenvalue weighted by atomic mass is 10.2. The Balaban J connectivity index is 1.71. The van der Waals surface area contributed by atoms with Gasteiger partial charge in [-0.1, -0.05) is 0 Å². The van der Waals surface area contributed by atoms with Gasteiger partial charge in [-0.05, 0) is 48.9 Å². The molecule has 6 heteroatoms. The SMILES string of the molecule is O=C(Nc1ccc(N2CCCC2=O)cc1)c1ccc(F)c(F)c1. The van der Waals surface area contributed by atoms with Crippen LogP contribution in [0.15, 0.2) is 42.5 Å². The van der Waals surface area contributed by atoms with Crippen molar-refractivity contribution in [3.63, 3.8) is 0 Å². The molecule has 0 radical (unpaired) electrons. The van der Waals surface area contributed by atoms with Crippen LogP contribution in [0.1, 0.15) is 23.2 Å². The van der Waals surface area contributed by atoms with E-state index in [1.165, 1.54) is 6.07 Å². The number of nitrogens with one attached hydrogen (secondary N) is 1. The number of nitrogens with zero attached hydrogens (tertiary/aromatic N) is 1. The molecule has 1 aliphatic heterocycles. The molecule has 0 aromatic heterocycles. The van der Waals surface area contributed by atoms with Gasteiger partial charge in [0.25, 0.3) is 5.91 Å². The third-order valence-corrected chi connectivity index (χ3v) is 3.69. The minimum atomic E-state index is -1.07. The van der Waals surface area contributed by atoms with Crippen LogP contribution < -0.4 is 10.2 Å². The lowest BCUT2D eigenvalue weighted by Crippen LogP contribution is -2.23. The number of hydrogen-bond donors (Lipinski definition) is 1. The summed E-state index contributed by atoms with van der Waals surface area (Å²) in [5.41, 5.74) is 1.32. The lowest BCUT2D eigenvalue weighted by Gasteiger charge is -2.16. The molecule has 2 amide bonds. The fourth-order valence-electron chi connectivity index (χ4n) is 2.49. The zero-order chi connectivity index (χ0) is 16.4. The summed E-state index contributed by atoms with van der Waals surface area (Å²) in [4.78, 5) is 25.4. The molecule has 1 saturated heterocycles. The Morgan fingerprint density at radius 2 is 1.78 bits per heavy atom. The highest BCUT2D eigenvalue weighted by Gasteiger charge is 2.21. The van der Waals surface area contributed by atoms with Crippen molar-refractivity contribution in [3.05, 3.63) is 59.7 Å². The Hall–Kier alpha value is -2.76. The van der Waals surface area contributed by atoms with Crippen LogP contribution in [0, 0.1) is 11.6 Å². The molecule has 1 aliphatic rings. The van der Waals surface area contributed by atoms with Gasteiger partial charge in [-0.25, -0.2) is 8.78 Å². The van der Waals surface area contributed by atoms with Crippen molar-refractivity contribution in [2.45, 2.75) is 12.8 Å². The number of benzene rings is 2. The standard InChI is InChI=1S/C17H14F2N2O2/c18-14-8-3-11(10-15(14)19)17(23)20-12-4-6-13(7-5-12)21-9-1-2-16(21)22/h3-8,10H,1-2,9H2,(H,20,23). The smallest absolute Gasteiger partial charge is 0.255 e. The summed E-state index contributed by atoms with van der Waals surface area (Å²) in [6.07, 6.45) is 1.39. The molecule has 0 atom stereocenters. The Labute approximate surface area is 131 Å². The predicted molar refractivity (Wildman–Crippen MR) is 82.3 cm³/mol. The van der Waals surface area contributed by atoms with Crippen LogP contribution in [0.4, 0.5) is 20.2 Å². The average Bonchev–Trinajstić information content (AvgIpc) is 2.97. The topological polar surface area (TPSA) is 49.4 Å². The summed E-state index contributed by atoms with van der Waals surface area (Å²) in [5, 5.41) is 2.60. The highest BCUT2D eigenvalue weighted by molar-refractivity contribution is 6.04. The first-order chi connectivity index (χ1) is 11.0. The predicted octanol–water partition coefficient (Wildman–Crippen LogP) is 3.34. The van der Waals surface area contributed by atoms with Gasteiger partial charge >= 0.3 is 0 Å². The number of carbonyl (C=O) groups is 2. The Bertz CT molecular complexity index is 760. The molecule has 1 heterocycles. The van der Waals surface area contributed by atoms with Crippen molar-refractivity contribution in [1.29, 1.82) is 0 Å². The van der Waals surface area contributed by atoms with Gasteiger partial charge in [0.05, 0.1) is 0 Å². The molecular weight excluding hydrogens is 302 g/mol. The van der Waals surface area contributed by atoms with Gasteiger partial charge in [0, 0.05) is 29.9 Å². The van der Waals surface area contributed by atoms with Crippen LogP contribution in [0.25, 0.3) is 0 Å². The molecule has 2 aromatic rings. The first-order valence-electron chi connectivity index (χ1n) is 7.21. The van der Waals surface area contributed by atoms with Crippen molar-refractivity contribution in [1.82, 2.24) is 0 Å². The monoisotopic (exact) mass is 316 g/mol. The third kappa shape index (κ3) is 3.21. The highest BCUT2D eigenvalue weighted by Crippen LogP contribution is 2.23. The highest BCUT2D eigenvalue weighted by atomic mass is 19.2. The minimum absolute atomic E-state index is 0.0303. The second-order valence-electron chi connectivity index (χ2n) is 5.28. The van der Waals surface area contributed by atoms with Crippen LogP contribution in [-0.2, 0) is 4.79 Å². The fourth-order valence-corrected chi connectivity index (χ4v) is 2.49. The molecule has 0 saturated carbocycles. The Morgan fingerprint density at radius 1 is 1.04 bits per heavy atom. The summed E-state index contributed by atoms with van der Waals surface area (Å²) in [5.74, 6) is -2.51. The molecule has 1 N–H and O–H groups in total. The molecule has 2 aromatic carbocycles. The van der Waals surface area contributed by atoms with E-state index < -0.39 is 17.5 Å². The van der Waals surface area contributed by atoms with E-state index in [4.69, 9.17) is 0 Å². The molecule has 23 heavy (non-hydrogen) atoms. The van der Waals surface area contributed by atoms with E-state index in [-0.39, 0.29) is 11.5 Å². The zero-order valence-electron chi connectivity index (χ0n) is 12.2. The number of rotatable bonds is 3. The van der Waals surface area contributed by atoms with Crippen LogP contribution in [-0.4, -0.2) is 18.4 Å². The van der Waals surface area contributed by atoms with E-state index in [0.29, 0.717) is 18.7 Å². The molecule has 118 valence electrons. The minimum Gasteiger partial charge on any atom is -0.322 e. The summed E-state index contributed by atoms with van der Waals surface area (Å²) in [7, 11) is 0. The number of amides is 2. The molecule has 1 fully saturated rings. The van der Waals surface area contributed by atoms with Gasteiger partial charge in [0.1, 0.15) is 0 Å². The van der Waals surface area contributed by atoms with Gasteiger partial charge in [-0.3, -0.25) is 9.59 Å². The maximum absolute atomic E-state index is 13.1. The number of hydrogen-bond acceptors (Lipinski definition) is 2. The lowest BCUT2D eigenvalue weighted by molar-refractivity contribution is -0.117. The maximum Gasteiger partial charge on any atom is 0.255 e. The normalized spacial score (nSPS) is 14.2. The van der Waals surface area contributed by atoms with E-state index in [0.717, 1.165) is 24.2 Å². The quantitative estimate of drug-likeness (QED) is 0.944. The molecule has 4 nitrogen and oxygen atoms in total. The van der Waals surface area contributed by atoms with E-state index in [2.05, 4.69) is 5.32 Å². The number of carbonyl (C=O) groups excluding carboxylic acids is 2. The van der Waals surface area contributed by atoms with Crippen molar-refractivity contribution in [2.75, 3.05) is 16.8 Å². The largest absolute Gasteiger partial charge is 0.322 e. The molecule has 0 aliphatic carbocycles. The van der Waals surface area contributed by atoms with Gasteiger partial charge < -0.3 is 10.2 Å². The van der Waals surface area contributed by atoms with Gasteiger partial charge in [-0.2, -0.15) is 0 Å². The van der Waals surface area contributed by atoms with Crippen LogP contribution >= 0.6 is 0 Å². The van der Waals surface area contributed by atoms with Gasteiger partial charge in [0.15, 0.2) is 11.6 Å². The Kier molecular flexibility index (Phi) is 4.06. The van der Waals surface area contributed by atoms with E-state index in [1.807, 2.05) is 0 Å². The summed E-state index contributed by atoms with van der Waals surface area (Å²) < 4.78 is 26.0. The summed E-state index contributed by atoms with van der Waals surface area (Å²) in [6, 6.07) is 9.78. The van der Waals surface area contributed by atoms with Crippen molar-refractivity contribution in [3.8, 4) is 0 Å². The Morgan fingerprint density at radius 3 is 2.39 bits per heavy atom. The number of halogens is 2. The van der Waals surface area contributed by atoms with Crippen LogP contribution in [0.5, 0.6) is 0 Å². The fraction of sp³-hybridized carbons (Fsp3) is 0.176. The molecule has 0 unspecified atom stereocenters. The molecule has 0 spiro atoms. The first kappa shape index (κ1) is 15.1. The van der Waals surface area contributed by atoms with Crippen molar-refractivity contribution >= 4 is 23.2 Å². The maximum atomic E-state index is 13.1. The summed E-state index contributed by atoms with van der Waals surface area (Å²) >= 11 is 0. The van der Waals surface area contributed by atoms with Gasteiger partial charge in [-0.15, -0.1) is 0 Å². The van der Waals surface area contributed by atoms with E-state index in [9.17, 15) is 18.4 Å². The van der Waals surface area contributed by atoms with Crippen LogP contribution in [0.2, 0.25) is 0 Å². The van der Waals surface area contributed by atoms with Crippen molar-refractivity contribution in [2.24, 2.45) is 0 Å². The van der Waals surface area contributed by atoms with Crippen LogP contribution in [0.3, 0.4) is 0 Å². The molecular formula is C17H14F2N2O2. The number of anilines is 2. The summed E-state index contributed by atoms with van der Waals surface area (Å²) in [6.45, 7) is 0.694. The third-order valence-electron chi connectivity index (χ3n) is 3.69. The van der Waals surface area contributed by atoms with E-state index in [1.54, 1.807) is 29.2 Å². The van der Waals surface area contributed by atoms with E-state index >= 15 is 0 Å². The average molecular weight is 316 g/mol. The molecule has 0 bridgehead atoms. The second kappa shape index (κ2) is 6.16. The second-order valence-corrected chi connectivity index (χ2v) is 5.28. The van der Waals surface area contributed by atoms with Crippen molar-refractivity contribution < 1.29 is 18.4 Å². The molecule has 3 rings (SSSR count). The first-order valence-corrected chi connectivity index (χ1v) is 7.21. The van der Waals surface area contributed by atoms with Gasteiger partial charge in [0.2, 0.25) is 5.91 Å².